The molecule has 0 fully saturated rings. The van der Waals surface area contributed by atoms with Crippen LogP contribution in [0.4, 0.5) is 13.2 Å². The van der Waals surface area contributed by atoms with Gasteiger partial charge in [0.2, 0.25) is 0 Å². The minimum absolute atomic E-state index is 0.0411. The van der Waals surface area contributed by atoms with Gasteiger partial charge in [0.05, 0.1) is 22.1 Å². The van der Waals surface area contributed by atoms with E-state index in [1.54, 1.807) is 7.05 Å². The van der Waals surface area contributed by atoms with Gasteiger partial charge in [0.25, 0.3) is 0 Å². The summed E-state index contributed by atoms with van der Waals surface area (Å²) in [5.74, 6) is 0.215. The fraction of sp³-hybridized carbons (Fsp3) is 0.154. The van der Waals surface area contributed by atoms with Gasteiger partial charge in [0.1, 0.15) is 10.7 Å². The van der Waals surface area contributed by atoms with Crippen LogP contribution < -0.4 is 0 Å². The van der Waals surface area contributed by atoms with E-state index in [9.17, 15) is 21.6 Å². The highest BCUT2D eigenvalue weighted by Crippen LogP contribution is 2.37. The van der Waals surface area contributed by atoms with E-state index in [-0.39, 0.29) is 38.7 Å². The van der Waals surface area contributed by atoms with Crippen LogP contribution in [-0.2, 0) is 17.8 Å². The highest BCUT2D eigenvalue weighted by atomic mass is 79.9. The Kier molecular flexibility index (Phi) is 4.77. The molecule has 0 unspecified atom stereocenters. The zero-order chi connectivity index (χ0) is 18.4. The minimum atomic E-state index is -4.46. The van der Waals surface area contributed by atoms with Crippen LogP contribution in [0.2, 0.25) is 0 Å². The monoisotopic (exact) mass is 452 g/mol. The summed E-state index contributed by atoms with van der Waals surface area (Å²) in [5.41, 5.74) is -3.63. The van der Waals surface area contributed by atoms with E-state index in [2.05, 4.69) is 30.9 Å². The Morgan fingerprint density at radius 3 is 2.56 bits per heavy atom. The summed E-state index contributed by atoms with van der Waals surface area (Å²) in [5, 5.41) is -0.247. The van der Waals surface area contributed by atoms with Crippen molar-refractivity contribution in [3.8, 4) is 11.5 Å². The number of aryl methyl sites for hydroxylation is 1. The van der Waals surface area contributed by atoms with Gasteiger partial charge in [-0.25, -0.2) is 18.4 Å². The summed E-state index contributed by atoms with van der Waals surface area (Å²) < 4.78 is 62.4. The molecule has 6 nitrogen and oxygen atoms in total. The Morgan fingerprint density at radius 1 is 1.20 bits per heavy atom. The molecule has 3 aromatic heterocycles. The van der Waals surface area contributed by atoms with E-state index in [1.165, 1.54) is 29.1 Å². The number of pyridine rings is 2. The second-order valence-electron chi connectivity index (χ2n) is 4.83. The van der Waals surface area contributed by atoms with Gasteiger partial charge in [-0.15, -0.1) is 0 Å². The molecule has 0 saturated carbocycles. The van der Waals surface area contributed by atoms with Crippen LogP contribution in [0.25, 0.3) is 22.6 Å². The lowest BCUT2D eigenvalue weighted by Gasteiger charge is -2.05. The molecule has 12 heteroatoms. The summed E-state index contributed by atoms with van der Waals surface area (Å²) in [6.45, 7) is 0. The predicted octanol–water partition coefficient (Wildman–Crippen LogP) is 3.38. The van der Waals surface area contributed by atoms with Gasteiger partial charge in [-0.3, -0.25) is 4.98 Å². The van der Waals surface area contributed by atoms with Crippen LogP contribution in [0.1, 0.15) is 0 Å². The van der Waals surface area contributed by atoms with Crippen LogP contribution in [0.15, 0.2) is 38.9 Å². The van der Waals surface area contributed by atoms with Crippen LogP contribution in [0, 0.1) is 0 Å². The average molecular weight is 453 g/mol. The Morgan fingerprint density at radius 2 is 1.92 bits per heavy atom. The van der Waals surface area contributed by atoms with Crippen molar-refractivity contribution in [3.63, 3.8) is 0 Å². The van der Waals surface area contributed by atoms with Crippen LogP contribution >= 0.6 is 27.7 Å². The predicted molar refractivity (Wildman–Crippen MR) is 89.9 cm³/mol. The molecule has 3 rings (SSSR count). The first kappa shape index (κ1) is 18.1. The van der Waals surface area contributed by atoms with Crippen molar-refractivity contribution >= 4 is 49.4 Å². The Bertz CT molecular complexity index is 1040. The Labute approximate surface area is 153 Å². The zero-order valence-electron chi connectivity index (χ0n) is 12.3. The molecule has 0 spiro atoms. The third-order valence-electron chi connectivity index (χ3n) is 3.21. The van der Waals surface area contributed by atoms with Crippen molar-refractivity contribution in [2.24, 2.45) is 7.05 Å². The molecule has 3 heterocycles. The van der Waals surface area contributed by atoms with Crippen molar-refractivity contribution in [3.05, 3.63) is 29.0 Å². The Balaban J connectivity index is 2.17. The van der Waals surface area contributed by atoms with E-state index in [1.807, 2.05) is 0 Å². The molecule has 0 aliphatic heterocycles. The van der Waals surface area contributed by atoms with E-state index in [4.69, 9.17) is 0 Å². The van der Waals surface area contributed by atoms with Crippen LogP contribution in [0.3, 0.4) is 0 Å². The lowest BCUT2D eigenvalue weighted by atomic mass is 10.3. The molecule has 0 amide bonds. The molecule has 0 aromatic carbocycles. The molecule has 0 aliphatic carbocycles. The van der Waals surface area contributed by atoms with Crippen molar-refractivity contribution in [2.45, 2.75) is 15.4 Å². The number of thiol groups is 1. The number of alkyl halides is 3. The lowest BCUT2D eigenvalue weighted by molar-refractivity contribution is -0.0329. The number of thioether (sulfide) groups is 1. The van der Waals surface area contributed by atoms with Crippen LogP contribution in [0.5, 0.6) is 0 Å². The van der Waals surface area contributed by atoms with Crippen molar-refractivity contribution in [1.29, 1.82) is 0 Å². The maximum Gasteiger partial charge on any atom is 0.447 e. The van der Waals surface area contributed by atoms with Crippen molar-refractivity contribution in [1.82, 2.24) is 19.5 Å². The number of aromatic nitrogens is 4. The smallest absolute Gasteiger partial charge is 0.324 e. The number of rotatable bonds is 3. The van der Waals surface area contributed by atoms with Crippen molar-refractivity contribution < 1.29 is 21.6 Å². The standard InChI is InChI=1S/C13H8BrF3N4O2S2/c1-21-8-5-18-10(24-13(15,16)17)3-7(8)20-12(21)11-9(25(22)23)2-6(14)4-19-11/h2-5,25H,1H3. The summed E-state index contributed by atoms with van der Waals surface area (Å²) in [6, 6.07) is 2.59. The molecule has 0 N–H and O–H groups in total. The fourth-order valence-corrected chi connectivity index (χ4v) is 3.79. The Hall–Kier alpha value is -1.66. The topological polar surface area (TPSA) is 77.7 Å². The molecule has 0 radical (unpaired) electrons. The van der Waals surface area contributed by atoms with E-state index < -0.39 is 16.2 Å². The minimum Gasteiger partial charge on any atom is -0.324 e. The molecule has 0 saturated heterocycles. The molecule has 3 aromatic rings. The number of hydrogen-bond acceptors (Lipinski definition) is 6. The van der Waals surface area contributed by atoms with Gasteiger partial charge in [0.15, 0.2) is 16.5 Å². The molecular weight excluding hydrogens is 445 g/mol. The number of halogens is 4. The average Bonchev–Trinajstić information content (AvgIpc) is 2.82. The normalized spacial score (nSPS) is 12.2. The SMILES string of the molecule is Cn1c(-c2ncc(Br)cc2[SH](=O)=O)nc2cc(SC(F)(F)F)ncc21. The molecule has 0 atom stereocenters. The second-order valence-corrected chi connectivity index (χ2v) is 7.83. The van der Waals surface area contributed by atoms with Gasteiger partial charge >= 0.3 is 5.51 Å². The van der Waals surface area contributed by atoms with E-state index in [0.29, 0.717) is 9.99 Å². The first-order valence-electron chi connectivity index (χ1n) is 6.54. The van der Waals surface area contributed by atoms with Gasteiger partial charge in [0, 0.05) is 29.5 Å². The van der Waals surface area contributed by atoms with Gasteiger partial charge in [-0.1, -0.05) is 0 Å². The zero-order valence-corrected chi connectivity index (χ0v) is 15.6. The van der Waals surface area contributed by atoms with Gasteiger partial charge in [-0.05, 0) is 28.1 Å². The molecular formula is C13H8BrF3N4O2S2. The first-order valence-corrected chi connectivity index (χ1v) is 9.33. The van der Waals surface area contributed by atoms with Gasteiger partial charge < -0.3 is 4.57 Å². The van der Waals surface area contributed by atoms with E-state index in [0.717, 1.165) is 0 Å². The summed E-state index contributed by atoms with van der Waals surface area (Å²) >= 11 is 2.81. The number of hydrogen-bond donors (Lipinski definition) is 1. The summed E-state index contributed by atoms with van der Waals surface area (Å²) in [4.78, 5) is 12.1. The molecule has 132 valence electrons. The highest BCUT2D eigenvalue weighted by molar-refractivity contribution is 9.10. The summed E-state index contributed by atoms with van der Waals surface area (Å²) in [6.07, 6.45) is 2.68. The maximum atomic E-state index is 12.5. The van der Waals surface area contributed by atoms with Crippen molar-refractivity contribution in [2.75, 3.05) is 0 Å². The fourth-order valence-electron chi connectivity index (χ4n) is 2.20. The number of imidazole rings is 1. The number of nitrogens with zero attached hydrogens (tertiary/aromatic N) is 4. The first-order chi connectivity index (χ1) is 11.7. The summed E-state index contributed by atoms with van der Waals surface area (Å²) in [7, 11) is -1.33. The third-order valence-corrected chi connectivity index (χ3v) is 5.04. The largest absolute Gasteiger partial charge is 0.447 e. The third kappa shape index (κ3) is 3.80. The van der Waals surface area contributed by atoms with E-state index >= 15 is 0 Å². The molecule has 25 heavy (non-hydrogen) atoms. The highest BCUT2D eigenvalue weighted by Gasteiger charge is 2.30. The van der Waals surface area contributed by atoms with Crippen LogP contribution in [-0.4, -0.2) is 33.4 Å². The molecule has 0 aliphatic rings. The number of fused-ring (bicyclic) bond motifs is 1. The lowest BCUT2D eigenvalue weighted by Crippen LogP contribution is -2.00. The maximum absolute atomic E-state index is 12.5. The van der Waals surface area contributed by atoms with Gasteiger partial charge in [-0.2, -0.15) is 13.2 Å². The quantitative estimate of drug-likeness (QED) is 0.484. The molecule has 0 bridgehead atoms. The second kappa shape index (κ2) is 6.57.